The second-order valence-electron chi connectivity index (χ2n) is 25.7. The highest BCUT2D eigenvalue weighted by molar-refractivity contribution is 6.82. The lowest BCUT2D eigenvalue weighted by molar-refractivity contribution is 0.138. The zero-order chi connectivity index (χ0) is 40.7. The minimum Gasteiger partial charge on any atom is -0.329 e. The van der Waals surface area contributed by atoms with Crippen molar-refractivity contribution >= 4 is 291 Å². The largest absolute Gasteiger partial charge is 0.329 e. The summed E-state index contributed by atoms with van der Waals surface area (Å²) in [6, 6.07) is 0. The van der Waals surface area contributed by atoms with Gasteiger partial charge >= 0.3 is 0 Å². The molecule has 33 rings (SSSR count). The third-order valence-electron chi connectivity index (χ3n) is 26.1. The van der Waals surface area contributed by atoms with Gasteiger partial charge in [-0.15, -0.1) is 0 Å². The van der Waals surface area contributed by atoms with E-state index in [1.807, 2.05) is 0 Å². The van der Waals surface area contributed by atoms with Gasteiger partial charge in [0.1, 0.15) is 0 Å². The second-order valence-corrected chi connectivity index (χ2v) is 25.7. The first-order valence-electron chi connectivity index (χ1n) is 25.6. The summed E-state index contributed by atoms with van der Waals surface area (Å²) < 4.78 is 0. The molecule has 0 atom stereocenters. The van der Waals surface area contributed by atoms with Crippen LogP contribution in [0.3, 0.4) is 0 Å². The maximum absolute atomic E-state index is 7.73. The Bertz CT molecular complexity index is 6920. The average Bonchev–Trinajstić information content (AvgIpc) is 4.19. The maximum atomic E-state index is 7.73. The van der Waals surface area contributed by atoms with Crippen LogP contribution < -0.4 is 11.5 Å². The van der Waals surface area contributed by atoms with Crippen LogP contribution in [-0.2, 0) is 10.8 Å². The van der Waals surface area contributed by atoms with Crippen molar-refractivity contribution in [2.24, 2.45) is 11.5 Å². The third-order valence-corrected chi connectivity index (χ3v) is 26.1. The van der Waals surface area contributed by atoms with Crippen LogP contribution in [0.2, 0.25) is 0 Å². The molecule has 28 aromatic rings. The summed E-state index contributed by atoms with van der Waals surface area (Å²) in [4.78, 5) is 2.79. The fraction of sp³-hybridized carbons (Fsp3) is 0.108. The zero-order valence-electron chi connectivity index (χ0n) is 35.2. The van der Waals surface area contributed by atoms with Crippen LogP contribution >= 0.6 is 0 Å². The molecule has 0 amide bonds. The van der Waals surface area contributed by atoms with Crippen molar-refractivity contribution in [2.45, 2.75) is 16.4 Å². The van der Waals surface area contributed by atoms with Crippen molar-refractivity contribution in [1.82, 2.24) is 4.90 Å². The smallest absolute Gasteiger partial charge is 0.0603 e. The lowest BCUT2D eigenvalue weighted by Gasteiger charge is -2.56. The van der Waals surface area contributed by atoms with E-state index in [4.69, 9.17) is 11.5 Å². The Kier molecular flexibility index (Phi) is 2.09. The third kappa shape index (κ3) is 1.25. The molecule has 1 aliphatic heterocycles. The summed E-state index contributed by atoms with van der Waals surface area (Å²) in [6.45, 7) is 2.04. The molecule has 0 unspecified atom stereocenters. The molecular weight excluding hydrogens is 823 g/mol. The van der Waals surface area contributed by atoms with Crippen LogP contribution in [-0.4, -0.2) is 37.1 Å². The number of hydrogen-bond acceptors (Lipinski definition) is 3. The topological polar surface area (TPSA) is 55.3 Å². The lowest BCUT2D eigenvalue weighted by atomic mass is 9.45. The summed E-state index contributed by atoms with van der Waals surface area (Å²) in [6.07, 6.45) is 0. The first-order valence-corrected chi connectivity index (χ1v) is 25.6. The molecule has 5 aliphatic rings. The molecule has 1 fully saturated rings. The van der Waals surface area contributed by atoms with Gasteiger partial charge in [-0.1, -0.05) is 0 Å². The van der Waals surface area contributed by atoms with E-state index in [9.17, 15) is 0 Å². The van der Waals surface area contributed by atoms with Gasteiger partial charge in [-0.2, -0.15) is 0 Å². The molecule has 0 aromatic heterocycles. The Balaban J connectivity index is 1.25. The molecular formula is C65H13N3. The number of nitrogens with two attached hydrogens (primary N) is 2. The average molecular weight is 836 g/mol. The van der Waals surface area contributed by atoms with Gasteiger partial charge in [-0.05, 0) is 320 Å². The molecule has 1 heterocycles. The molecule has 0 saturated carbocycles. The molecule has 3 nitrogen and oxygen atoms in total. The minimum atomic E-state index is -0.490. The number of benzene rings is 18. The summed E-state index contributed by atoms with van der Waals surface area (Å²) >= 11 is 0. The fourth-order valence-electron chi connectivity index (χ4n) is 26.0. The fourth-order valence-corrected chi connectivity index (χ4v) is 26.0. The van der Waals surface area contributed by atoms with Crippen LogP contribution in [0.25, 0.3) is 291 Å². The van der Waals surface area contributed by atoms with E-state index in [1.165, 1.54) is 0 Å². The van der Waals surface area contributed by atoms with Gasteiger partial charge in [-0.25, -0.2) is 0 Å². The Hall–Kier alpha value is -7.66. The first-order chi connectivity index (χ1) is 33.7. The molecule has 2 spiro atoms. The molecule has 4 aliphatic carbocycles. The Labute approximate surface area is 370 Å². The maximum Gasteiger partial charge on any atom is 0.0603 e. The number of likely N-dealkylation sites (N-methyl/N-ethyl adjacent to an activating group) is 1. The van der Waals surface area contributed by atoms with Crippen LogP contribution in [0.1, 0.15) is 22.3 Å². The van der Waals surface area contributed by atoms with Gasteiger partial charge in [0.05, 0.1) is 16.4 Å². The molecule has 3 heteroatoms. The van der Waals surface area contributed by atoms with E-state index in [0.717, 1.165) is 6.54 Å². The van der Waals surface area contributed by atoms with E-state index in [1.54, 1.807) is 313 Å². The van der Waals surface area contributed by atoms with Crippen molar-refractivity contribution in [3.8, 4) is 0 Å². The monoisotopic (exact) mass is 835 g/mol. The highest BCUT2D eigenvalue weighted by Crippen LogP contribution is 2.86. The zero-order valence-corrected chi connectivity index (χ0v) is 35.2. The predicted molar refractivity (Wildman–Crippen MR) is 287 cm³/mol. The number of rotatable bonds is 2. The van der Waals surface area contributed by atoms with Crippen molar-refractivity contribution in [2.75, 3.05) is 26.7 Å². The second kappa shape index (κ2) is 5.57. The lowest BCUT2D eigenvalue weighted by Crippen LogP contribution is -2.68. The van der Waals surface area contributed by atoms with Gasteiger partial charge < -0.3 is 11.5 Å². The van der Waals surface area contributed by atoms with E-state index < -0.39 is 11.0 Å². The van der Waals surface area contributed by atoms with E-state index in [2.05, 4.69) is 11.9 Å². The Morgan fingerprint density at radius 1 is 0.250 bits per heavy atom. The van der Waals surface area contributed by atoms with Gasteiger partial charge in [0.25, 0.3) is 0 Å². The highest BCUT2D eigenvalue weighted by Gasteiger charge is 2.79. The summed E-state index contributed by atoms with van der Waals surface area (Å²) in [7, 11) is 2.46. The van der Waals surface area contributed by atoms with Crippen molar-refractivity contribution in [1.29, 1.82) is 0 Å². The normalized spacial score (nSPS) is 24.0. The van der Waals surface area contributed by atoms with Crippen molar-refractivity contribution < 1.29 is 0 Å². The van der Waals surface area contributed by atoms with E-state index in [0.29, 0.717) is 13.1 Å². The van der Waals surface area contributed by atoms with Crippen LogP contribution in [0.15, 0.2) is 0 Å². The molecule has 28 aromatic carbocycles. The van der Waals surface area contributed by atoms with Crippen LogP contribution in [0.4, 0.5) is 0 Å². The SMILES string of the molecule is CN1CC23c4c5c6c7c8c9c(c%10c%11c2c2c4c4c%12c5c5c6c6c8c8c%13c9c9c%10c%10c%11c%11c2c2c4c4c%12c%12c5c5c6c8c6c8c%13c9c9c%10c%10c%11c2c2c4c4c%12c5c6c5c8c9c%10c2c45)C73C1(CN)CN. The summed E-state index contributed by atoms with van der Waals surface area (Å²) in [5.41, 5.74) is 21.0. The van der Waals surface area contributed by atoms with Crippen LogP contribution in [0.5, 0.6) is 0 Å². The number of hydrogen-bond donors (Lipinski definition) is 2. The molecule has 0 radical (unpaired) electrons. The minimum absolute atomic E-state index is 0.328. The van der Waals surface area contributed by atoms with Gasteiger partial charge in [-0.3, -0.25) is 4.90 Å². The molecule has 4 N–H and O–H groups in total. The van der Waals surface area contributed by atoms with Crippen molar-refractivity contribution in [3.63, 3.8) is 0 Å². The van der Waals surface area contributed by atoms with Crippen LogP contribution in [0, 0.1) is 0 Å². The summed E-state index contributed by atoms with van der Waals surface area (Å²) in [5, 5.41) is 88.6. The molecule has 0 bridgehead atoms. The highest BCUT2D eigenvalue weighted by atomic mass is 15.3. The Morgan fingerprint density at radius 2 is 0.397 bits per heavy atom. The molecule has 68 heavy (non-hydrogen) atoms. The quantitative estimate of drug-likeness (QED) is 0.171. The predicted octanol–water partition coefficient (Wildman–Crippen LogP) is 14.9. The number of likely N-dealkylation sites (tertiary alicyclic amines) is 1. The van der Waals surface area contributed by atoms with Crippen molar-refractivity contribution in [3.05, 3.63) is 22.3 Å². The molecule has 288 valence electrons. The summed E-state index contributed by atoms with van der Waals surface area (Å²) in [5.74, 6) is 0. The van der Waals surface area contributed by atoms with E-state index >= 15 is 0 Å². The van der Waals surface area contributed by atoms with Gasteiger partial charge in [0.15, 0.2) is 0 Å². The van der Waals surface area contributed by atoms with E-state index in [-0.39, 0.29) is 5.41 Å². The first kappa shape index (κ1) is 25.5. The van der Waals surface area contributed by atoms with Gasteiger partial charge in [0, 0.05) is 19.6 Å². The molecule has 1 saturated heterocycles. The van der Waals surface area contributed by atoms with Gasteiger partial charge in [0.2, 0.25) is 0 Å². The number of nitrogens with zero attached hydrogens (tertiary/aromatic N) is 1. The standard InChI is InChI=1S/C65H13N3/c1-68-4-64-59-51-43-33-23-15-7-5-6-9-13-11(7)19-27-21(13)31-25-17(9)18-10(6)14-12-8(5)16(15)24-30-20(12)28-22(14)32-26(18)36-35(25)47-41(31)49-39(27)45(37(43)29(19)23)53(59)55(49)61-57(47)58-48(36)42(32)50-40(28)46-38(30)44(34(24)33)52(51)60(64)54(46)56(50)62(58)65(61,64)63(68,2-66)3-67/h2-4,66-67H2,1H3. The Morgan fingerprint density at radius 3 is 0.559 bits per heavy atom.